The minimum atomic E-state index is -1.54. The number of allylic oxidation sites excluding steroid dienone is 14. The van der Waals surface area contributed by atoms with Crippen LogP contribution in [0.5, 0.6) is 0 Å². The van der Waals surface area contributed by atoms with Gasteiger partial charge in [-0.25, -0.2) is 0 Å². The van der Waals surface area contributed by atoms with E-state index in [1.807, 2.05) is 0 Å². The quantitative estimate of drug-likeness (QED) is 0.0504. The summed E-state index contributed by atoms with van der Waals surface area (Å²) in [6.07, 6.45) is 32.8. The van der Waals surface area contributed by atoms with E-state index in [0.29, 0.717) is 6.61 Å². The largest absolute Gasteiger partial charge is 0.457 e. The van der Waals surface area contributed by atoms with Crippen LogP contribution >= 0.6 is 0 Å². The molecule has 1 aliphatic rings. The van der Waals surface area contributed by atoms with Crippen LogP contribution in [-0.4, -0.2) is 89.6 Å². The SMILES string of the molecule is CC/C=C\C/C=C\C/C=C\C/C=C\C/C=C\C/C=C\C/C=C\CCCCOCC(COC1OC(CO)C(O)C(O)C1O)OC(=O)CC. The van der Waals surface area contributed by atoms with Crippen LogP contribution < -0.4 is 0 Å². The number of hydrogen-bond acceptors (Lipinski definition) is 9. The summed E-state index contributed by atoms with van der Waals surface area (Å²) in [4.78, 5) is 11.8. The van der Waals surface area contributed by atoms with Gasteiger partial charge in [-0.15, -0.1) is 0 Å². The molecule has 1 fully saturated rings. The van der Waals surface area contributed by atoms with E-state index in [1.54, 1.807) is 6.92 Å². The van der Waals surface area contributed by atoms with Gasteiger partial charge in [0, 0.05) is 13.0 Å². The maximum atomic E-state index is 11.8. The van der Waals surface area contributed by atoms with Crippen molar-refractivity contribution in [2.45, 2.75) is 121 Å². The van der Waals surface area contributed by atoms with Crippen molar-refractivity contribution in [3.63, 3.8) is 0 Å². The molecule has 0 bridgehead atoms. The maximum Gasteiger partial charge on any atom is 0.305 e. The molecule has 47 heavy (non-hydrogen) atoms. The van der Waals surface area contributed by atoms with Gasteiger partial charge in [-0.2, -0.15) is 0 Å². The second-order valence-corrected chi connectivity index (χ2v) is 11.2. The number of esters is 1. The van der Waals surface area contributed by atoms with E-state index in [-0.39, 0.29) is 19.6 Å². The van der Waals surface area contributed by atoms with E-state index >= 15 is 0 Å². The Labute approximate surface area is 282 Å². The molecule has 0 aromatic rings. The molecule has 0 aliphatic carbocycles. The van der Waals surface area contributed by atoms with Crippen molar-refractivity contribution in [1.82, 2.24) is 0 Å². The van der Waals surface area contributed by atoms with E-state index in [2.05, 4.69) is 92.0 Å². The Hall–Kier alpha value is -2.63. The fraction of sp³-hybridized carbons (Fsp3) is 0.605. The smallest absolute Gasteiger partial charge is 0.305 e. The molecule has 4 N–H and O–H groups in total. The van der Waals surface area contributed by atoms with Gasteiger partial charge in [-0.05, 0) is 64.2 Å². The number of aliphatic hydroxyl groups excluding tert-OH is 4. The molecule has 0 amide bonds. The number of carbonyl (C=O) groups is 1. The molecule has 266 valence electrons. The Morgan fingerprint density at radius 1 is 0.681 bits per heavy atom. The summed E-state index contributed by atoms with van der Waals surface area (Å²) in [6, 6.07) is 0. The van der Waals surface area contributed by atoms with Gasteiger partial charge < -0.3 is 39.4 Å². The van der Waals surface area contributed by atoms with Gasteiger partial charge in [-0.3, -0.25) is 4.79 Å². The molecule has 6 atom stereocenters. The van der Waals surface area contributed by atoms with Crippen molar-refractivity contribution in [1.29, 1.82) is 0 Å². The third-order valence-electron chi connectivity index (χ3n) is 7.13. The molecular weight excluding hydrogens is 600 g/mol. The number of hydrogen-bond donors (Lipinski definition) is 4. The molecule has 0 radical (unpaired) electrons. The minimum Gasteiger partial charge on any atom is -0.457 e. The summed E-state index contributed by atoms with van der Waals surface area (Å²) in [6.45, 7) is 3.71. The Bertz CT molecular complexity index is 980. The van der Waals surface area contributed by atoms with Crippen LogP contribution in [0.3, 0.4) is 0 Å². The van der Waals surface area contributed by atoms with E-state index in [1.165, 1.54) is 0 Å². The zero-order chi connectivity index (χ0) is 34.4. The highest BCUT2D eigenvalue weighted by Gasteiger charge is 2.44. The van der Waals surface area contributed by atoms with E-state index in [4.69, 9.17) is 18.9 Å². The summed E-state index contributed by atoms with van der Waals surface area (Å²) in [5, 5.41) is 39.3. The van der Waals surface area contributed by atoms with Crippen molar-refractivity contribution in [3.05, 3.63) is 85.1 Å². The summed E-state index contributed by atoms with van der Waals surface area (Å²) in [5.41, 5.74) is 0. The minimum absolute atomic E-state index is 0.0989. The van der Waals surface area contributed by atoms with Crippen LogP contribution in [0.15, 0.2) is 85.1 Å². The van der Waals surface area contributed by atoms with Crippen LogP contribution in [0.2, 0.25) is 0 Å². The van der Waals surface area contributed by atoms with Crippen molar-refractivity contribution >= 4 is 5.97 Å². The second kappa shape index (κ2) is 29.5. The molecule has 6 unspecified atom stereocenters. The molecule has 1 rings (SSSR count). The van der Waals surface area contributed by atoms with Crippen molar-refractivity contribution in [2.75, 3.05) is 26.4 Å². The molecule has 1 saturated heterocycles. The number of carbonyl (C=O) groups excluding carboxylic acids is 1. The normalized spacial score (nSPS) is 23.2. The standard InChI is InChI=1S/C38H60O9/c1-3-5-6-7-8-9-10-11-12-13-14-15-16-17-18-19-20-21-22-23-24-25-26-27-28-44-30-32(46-34(40)4-2)31-45-38-37(43)36(42)35(41)33(29-39)47-38/h5-6,8-9,11-12,14-15,17-18,20-21,23-24,32-33,35-39,41-43H,3-4,7,10,13,16,19,22,25-31H2,1-2H3/b6-5-,9-8-,12-11-,15-14-,18-17-,21-20-,24-23-. The second-order valence-electron chi connectivity index (χ2n) is 11.2. The Kier molecular flexibility index (Phi) is 26.6. The first-order valence-electron chi connectivity index (χ1n) is 17.2. The third-order valence-corrected chi connectivity index (χ3v) is 7.13. The maximum absolute atomic E-state index is 11.8. The molecule has 0 spiro atoms. The molecule has 1 heterocycles. The van der Waals surface area contributed by atoms with Gasteiger partial charge >= 0.3 is 5.97 Å². The fourth-order valence-corrected chi connectivity index (χ4v) is 4.38. The first kappa shape index (κ1) is 42.4. The van der Waals surface area contributed by atoms with Crippen LogP contribution in [0.4, 0.5) is 0 Å². The fourth-order valence-electron chi connectivity index (χ4n) is 4.38. The van der Waals surface area contributed by atoms with Gasteiger partial charge in [0.1, 0.15) is 30.5 Å². The van der Waals surface area contributed by atoms with Crippen LogP contribution in [0.1, 0.15) is 84.5 Å². The molecule has 0 aromatic heterocycles. The van der Waals surface area contributed by atoms with E-state index in [9.17, 15) is 25.2 Å². The predicted octanol–water partition coefficient (Wildman–Crippen LogP) is 5.96. The highest BCUT2D eigenvalue weighted by molar-refractivity contribution is 5.69. The van der Waals surface area contributed by atoms with Crippen molar-refractivity contribution in [2.24, 2.45) is 0 Å². The summed E-state index contributed by atoms with van der Waals surface area (Å²) in [7, 11) is 0. The van der Waals surface area contributed by atoms with Crippen molar-refractivity contribution in [3.8, 4) is 0 Å². The zero-order valence-corrected chi connectivity index (χ0v) is 28.5. The van der Waals surface area contributed by atoms with E-state index < -0.39 is 49.4 Å². The third kappa shape index (κ3) is 21.8. The summed E-state index contributed by atoms with van der Waals surface area (Å²) in [5.74, 6) is -0.423. The topological polar surface area (TPSA) is 135 Å². The monoisotopic (exact) mass is 660 g/mol. The lowest BCUT2D eigenvalue weighted by Gasteiger charge is -2.39. The average molecular weight is 661 g/mol. The van der Waals surface area contributed by atoms with Gasteiger partial charge in [-0.1, -0.05) is 98.9 Å². The highest BCUT2D eigenvalue weighted by atomic mass is 16.7. The molecule has 9 heteroatoms. The van der Waals surface area contributed by atoms with Crippen LogP contribution in [0, 0.1) is 0 Å². The number of rotatable bonds is 26. The average Bonchev–Trinajstić information content (AvgIpc) is 3.08. The van der Waals surface area contributed by atoms with Crippen LogP contribution in [-0.2, 0) is 23.7 Å². The van der Waals surface area contributed by atoms with E-state index in [0.717, 1.165) is 64.2 Å². The lowest BCUT2D eigenvalue weighted by atomic mass is 9.99. The molecular formula is C38H60O9. The molecule has 1 aliphatic heterocycles. The Morgan fingerprint density at radius 2 is 1.19 bits per heavy atom. The molecule has 9 nitrogen and oxygen atoms in total. The number of unbranched alkanes of at least 4 members (excludes halogenated alkanes) is 2. The van der Waals surface area contributed by atoms with Crippen LogP contribution in [0.25, 0.3) is 0 Å². The first-order chi connectivity index (χ1) is 22.9. The van der Waals surface area contributed by atoms with Gasteiger partial charge in [0.2, 0.25) is 0 Å². The number of ether oxygens (including phenoxy) is 4. The van der Waals surface area contributed by atoms with Gasteiger partial charge in [0.25, 0.3) is 0 Å². The Balaban J connectivity index is 2.12. The predicted molar refractivity (Wildman–Crippen MR) is 187 cm³/mol. The van der Waals surface area contributed by atoms with Crippen molar-refractivity contribution < 1.29 is 44.2 Å². The van der Waals surface area contributed by atoms with Gasteiger partial charge in [0.05, 0.1) is 19.8 Å². The highest BCUT2D eigenvalue weighted by Crippen LogP contribution is 2.22. The summed E-state index contributed by atoms with van der Waals surface area (Å²) >= 11 is 0. The Morgan fingerprint density at radius 3 is 1.68 bits per heavy atom. The lowest BCUT2D eigenvalue weighted by Crippen LogP contribution is -2.59. The first-order valence-corrected chi connectivity index (χ1v) is 17.2. The summed E-state index contributed by atoms with van der Waals surface area (Å²) < 4.78 is 21.9. The number of aliphatic hydroxyl groups is 4. The lowest BCUT2D eigenvalue weighted by molar-refractivity contribution is -0.305. The zero-order valence-electron chi connectivity index (χ0n) is 28.5. The van der Waals surface area contributed by atoms with Gasteiger partial charge in [0.15, 0.2) is 6.29 Å². The molecule has 0 saturated carbocycles. The molecule has 0 aromatic carbocycles.